The van der Waals surface area contributed by atoms with Gasteiger partial charge >= 0.3 is 0 Å². The quantitative estimate of drug-likeness (QED) is 0.146. The van der Waals surface area contributed by atoms with Gasteiger partial charge in [-0.25, -0.2) is 13.4 Å². The van der Waals surface area contributed by atoms with Crippen molar-refractivity contribution in [1.29, 1.82) is 5.41 Å². The van der Waals surface area contributed by atoms with Crippen molar-refractivity contribution < 1.29 is 17.9 Å². The van der Waals surface area contributed by atoms with E-state index in [9.17, 15) is 13.2 Å². The number of nitrogen functional groups attached to an aromatic ring is 1. The third-order valence-corrected chi connectivity index (χ3v) is 8.21. The number of hydrogen-bond acceptors (Lipinski definition) is 7. The van der Waals surface area contributed by atoms with E-state index in [1.165, 1.54) is 41.8 Å². The summed E-state index contributed by atoms with van der Waals surface area (Å²) in [6.45, 7) is 0. The number of thiophene rings is 1. The molecule has 2 heterocycles. The second-order valence-electron chi connectivity index (χ2n) is 8.43. The average molecular weight is 558 g/mol. The first-order chi connectivity index (χ1) is 18.8. The zero-order valence-corrected chi connectivity index (χ0v) is 22.0. The first-order valence-electron chi connectivity index (χ1n) is 11.7. The molecule has 3 aromatic carbocycles. The molecule has 0 aliphatic rings. The normalized spacial score (nSPS) is 12.0. The van der Waals surface area contributed by atoms with Gasteiger partial charge in [0.05, 0.1) is 9.77 Å². The largest absolute Gasteiger partial charge is 0.475 e. The van der Waals surface area contributed by atoms with Crippen molar-refractivity contribution in [1.82, 2.24) is 4.98 Å². The van der Waals surface area contributed by atoms with Crippen LogP contribution in [0.2, 0.25) is 0 Å². The van der Waals surface area contributed by atoms with Crippen LogP contribution < -0.4 is 20.5 Å². The van der Waals surface area contributed by atoms with Crippen LogP contribution >= 0.6 is 11.3 Å². The van der Waals surface area contributed by atoms with Crippen LogP contribution in [0, 0.1) is 5.41 Å². The molecule has 0 saturated carbocycles. The Kier molecular flexibility index (Phi) is 7.26. The van der Waals surface area contributed by atoms with Crippen molar-refractivity contribution in [2.24, 2.45) is 5.73 Å². The van der Waals surface area contributed by atoms with Gasteiger partial charge in [0.2, 0.25) is 6.10 Å². The van der Waals surface area contributed by atoms with Crippen LogP contribution in [0.15, 0.2) is 108 Å². The van der Waals surface area contributed by atoms with Crippen molar-refractivity contribution in [2.45, 2.75) is 11.0 Å². The Balaban J connectivity index is 1.38. The molecule has 39 heavy (non-hydrogen) atoms. The van der Waals surface area contributed by atoms with Crippen LogP contribution in [0.25, 0.3) is 10.1 Å². The number of hydrogen-bond donors (Lipinski definition) is 4. The van der Waals surface area contributed by atoms with Crippen molar-refractivity contribution >= 4 is 54.7 Å². The van der Waals surface area contributed by atoms with Crippen LogP contribution in [0.4, 0.5) is 11.5 Å². The lowest BCUT2D eigenvalue weighted by Gasteiger charge is -2.20. The van der Waals surface area contributed by atoms with E-state index in [4.69, 9.17) is 15.9 Å². The molecule has 2 aromatic heterocycles. The number of nitrogens with one attached hydrogen (secondary N) is 3. The minimum atomic E-state index is -3.86. The molecule has 9 nitrogen and oxygen atoms in total. The number of anilines is 2. The zero-order valence-electron chi connectivity index (χ0n) is 20.4. The van der Waals surface area contributed by atoms with Gasteiger partial charge in [-0.3, -0.25) is 14.9 Å². The maximum atomic E-state index is 13.5. The van der Waals surface area contributed by atoms with Gasteiger partial charge in [0, 0.05) is 27.5 Å². The lowest BCUT2D eigenvalue weighted by Crippen LogP contribution is -2.25. The van der Waals surface area contributed by atoms with Crippen LogP contribution in [0.1, 0.15) is 16.5 Å². The van der Waals surface area contributed by atoms with E-state index in [1.807, 2.05) is 30.3 Å². The van der Waals surface area contributed by atoms with Gasteiger partial charge in [-0.05, 0) is 54.6 Å². The van der Waals surface area contributed by atoms with E-state index < -0.39 is 22.0 Å². The highest BCUT2D eigenvalue weighted by Gasteiger charge is 2.24. The Bertz CT molecular complexity index is 1740. The number of rotatable bonds is 9. The number of sulfonamides is 1. The summed E-state index contributed by atoms with van der Waals surface area (Å²) >= 11 is 1.37. The molecule has 5 N–H and O–H groups in total. The predicted octanol–water partition coefficient (Wildman–Crippen LogP) is 5.14. The monoisotopic (exact) mass is 557 g/mol. The molecule has 0 spiro atoms. The third kappa shape index (κ3) is 5.89. The second kappa shape index (κ2) is 10.9. The van der Waals surface area contributed by atoms with Crippen LogP contribution in [-0.2, 0) is 14.8 Å². The Morgan fingerprint density at radius 2 is 1.69 bits per heavy atom. The molecule has 11 heteroatoms. The number of nitrogens with zero attached hydrogens (tertiary/aromatic N) is 1. The molecular weight excluding hydrogens is 534 g/mol. The molecule has 0 bridgehead atoms. The van der Waals surface area contributed by atoms with Gasteiger partial charge in [0.15, 0.2) is 0 Å². The lowest BCUT2D eigenvalue weighted by atomic mass is 10.1. The van der Waals surface area contributed by atoms with E-state index >= 15 is 0 Å². The Hall–Kier alpha value is -4.74. The molecule has 5 rings (SSSR count). The highest BCUT2D eigenvalue weighted by atomic mass is 32.2. The zero-order chi connectivity index (χ0) is 27.4. The Labute approximate surface area is 228 Å². The third-order valence-electron chi connectivity index (χ3n) is 5.71. The average Bonchev–Trinajstić information content (AvgIpc) is 3.39. The minimum absolute atomic E-state index is 0.0208. The second-order valence-corrected chi connectivity index (χ2v) is 11.2. The van der Waals surface area contributed by atoms with E-state index in [-0.39, 0.29) is 16.5 Å². The summed E-state index contributed by atoms with van der Waals surface area (Å²) in [6.07, 6.45) is 0.481. The van der Waals surface area contributed by atoms with Gasteiger partial charge in [-0.2, -0.15) is 0 Å². The fraction of sp³-hybridized carbons (Fsp3) is 0.0357. The minimum Gasteiger partial charge on any atom is -0.475 e. The van der Waals surface area contributed by atoms with Gasteiger partial charge in [-0.15, -0.1) is 11.3 Å². The van der Waals surface area contributed by atoms with Crippen molar-refractivity contribution in [3.63, 3.8) is 0 Å². The number of pyridine rings is 1. The summed E-state index contributed by atoms with van der Waals surface area (Å²) in [6, 6.07) is 27.0. The van der Waals surface area contributed by atoms with Gasteiger partial charge < -0.3 is 15.8 Å². The first kappa shape index (κ1) is 25.9. The number of benzene rings is 3. The SMILES string of the molecule is N=C(N)c1cc2c(OC(C(=O)Nc3ccc(S(=O)(=O)Nc4ccccn4)cc3)c3ccccc3)cccc2s1. The molecule has 0 aliphatic carbocycles. The number of amidine groups is 1. The summed E-state index contributed by atoms with van der Waals surface area (Å²) in [4.78, 5) is 18.1. The molecule has 0 saturated heterocycles. The number of nitrogens with two attached hydrogens (primary N) is 1. The van der Waals surface area contributed by atoms with Crippen LogP contribution in [0.5, 0.6) is 5.75 Å². The van der Waals surface area contributed by atoms with E-state index in [0.29, 0.717) is 21.9 Å². The van der Waals surface area contributed by atoms with Crippen LogP contribution in [0.3, 0.4) is 0 Å². The molecule has 1 amide bonds. The van der Waals surface area contributed by atoms with Gasteiger partial charge in [0.25, 0.3) is 15.9 Å². The lowest BCUT2D eigenvalue weighted by molar-refractivity contribution is -0.123. The number of ether oxygens (including phenoxy) is 1. The Morgan fingerprint density at radius 3 is 2.38 bits per heavy atom. The highest BCUT2D eigenvalue weighted by Crippen LogP contribution is 2.35. The summed E-state index contributed by atoms with van der Waals surface area (Å²) in [5.74, 6) is 0.193. The number of amides is 1. The fourth-order valence-corrected chi connectivity index (χ4v) is 5.79. The highest BCUT2D eigenvalue weighted by molar-refractivity contribution is 7.92. The first-order valence-corrected chi connectivity index (χ1v) is 14.0. The predicted molar refractivity (Wildman–Crippen MR) is 153 cm³/mol. The summed E-state index contributed by atoms with van der Waals surface area (Å²) in [5, 5.41) is 11.3. The maximum Gasteiger partial charge on any atom is 0.270 e. The summed E-state index contributed by atoms with van der Waals surface area (Å²) in [5.41, 5.74) is 6.70. The fourth-order valence-electron chi connectivity index (χ4n) is 3.84. The van der Waals surface area contributed by atoms with Crippen molar-refractivity contribution in [3.05, 3.63) is 114 Å². The van der Waals surface area contributed by atoms with Crippen molar-refractivity contribution in [2.75, 3.05) is 10.0 Å². The number of fused-ring (bicyclic) bond motifs is 1. The van der Waals surface area contributed by atoms with Gasteiger partial charge in [-0.1, -0.05) is 42.5 Å². The molecule has 0 radical (unpaired) electrons. The summed E-state index contributed by atoms with van der Waals surface area (Å²) < 4.78 is 35.0. The Morgan fingerprint density at radius 1 is 0.949 bits per heavy atom. The molecule has 196 valence electrons. The summed E-state index contributed by atoms with van der Waals surface area (Å²) in [7, 11) is -3.86. The number of aromatic nitrogens is 1. The molecular formula is C28H23N5O4S2. The smallest absolute Gasteiger partial charge is 0.270 e. The maximum absolute atomic E-state index is 13.5. The van der Waals surface area contributed by atoms with Crippen molar-refractivity contribution in [3.8, 4) is 5.75 Å². The number of carbonyl (C=O) groups is 1. The molecule has 1 unspecified atom stereocenters. The molecule has 0 aliphatic heterocycles. The standard InChI is InChI=1S/C28H23N5O4S2/c29-27(30)24-17-21-22(9-6-10-23(21)38-24)37-26(18-7-2-1-3-8-18)28(34)32-19-12-14-20(15-13-19)39(35,36)33-25-11-4-5-16-31-25/h1-17,26H,(H3,29,30)(H,31,33)(H,32,34). The molecule has 5 aromatic rings. The van der Waals surface area contributed by atoms with E-state index in [1.54, 1.807) is 42.5 Å². The van der Waals surface area contributed by atoms with E-state index in [0.717, 1.165) is 10.1 Å². The number of carbonyl (C=O) groups excluding carboxylic acids is 1. The van der Waals surface area contributed by atoms with E-state index in [2.05, 4.69) is 15.0 Å². The van der Waals surface area contributed by atoms with Crippen LogP contribution in [-0.4, -0.2) is 25.1 Å². The molecule has 1 atom stereocenters. The molecule has 0 fully saturated rings. The van der Waals surface area contributed by atoms with Gasteiger partial charge in [0.1, 0.15) is 17.4 Å². The topological polar surface area (TPSA) is 147 Å².